The third-order valence-corrected chi connectivity index (χ3v) is 12.9. The summed E-state index contributed by atoms with van der Waals surface area (Å²) >= 11 is 5.24. The molecule has 0 aliphatic rings. The van der Waals surface area contributed by atoms with Crippen molar-refractivity contribution in [3.8, 4) is 31.7 Å². The molecule has 0 unspecified atom stereocenters. The zero-order valence-electron chi connectivity index (χ0n) is 30.7. The molecular formula is C51H30IrN3S3. The molecule has 6 aromatic heterocycles. The molecule has 276 valence electrons. The predicted octanol–water partition coefficient (Wildman–Crippen LogP) is 14.7. The zero-order valence-corrected chi connectivity index (χ0v) is 35.6. The van der Waals surface area contributed by atoms with E-state index in [1.54, 1.807) is 34.0 Å². The van der Waals surface area contributed by atoms with Crippen molar-refractivity contribution in [1.29, 1.82) is 0 Å². The van der Waals surface area contributed by atoms with Gasteiger partial charge in [0.25, 0.3) is 0 Å². The number of nitrogens with zero attached hydrogens (tertiary/aromatic N) is 3. The molecular weight excluding hydrogens is 943 g/mol. The van der Waals surface area contributed by atoms with Crippen molar-refractivity contribution in [1.82, 2.24) is 15.0 Å². The van der Waals surface area contributed by atoms with Crippen LogP contribution in [0.25, 0.3) is 94.3 Å². The maximum Gasteiger partial charge on any atom is 3.00 e. The Labute approximate surface area is 361 Å². The number of hydrogen-bond acceptors (Lipinski definition) is 6. The monoisotopic (exact) mass is 973 g/mol. The van der Waals surface area contributed by atoms with Crippen molar-refractivity contribution in [3.05, 3.63) is 201 Å². The molecule has 6 heterocycles. The summed E-state index contributed by atoms with van der Waals surface area (Å²) in [6.07, 6.45) is 5.61. The van der Waals surface area contributed by atoms with Crippen molar-refractivity contribution in [2.75, 3.05) is 0 Å². The molecule has 12 aromatic rings. The molecule has 0 aliphatic heterocycles. The van der Waals surface area contributed by atoms with Crippen LogP contribution < -0.4 is 0 Å². The van der Waals surface area contributed by atoms with Gasteiger partial charge in [0, 0.05) is 35.7 Å². The van der Waals surface area contributed by atoms with Crippen LogP contribution in [0.4, 0.5) is 0 Å². The molecule has 7 heteroatoms. The van der Waals surface area contributed by atoms with Gasteiger partial charge in [-0.1, -0.05) is 109 Å². The minimum atomic E-state index is 0. The first-order valence-corrected chi connectivity index (χ1v) is 20.9. The minimum absolute atomic E-state index is 0. The molecule has 12 rings (SSSR count). The first kappa shape index (κ1) is 37.6. The van der Waals surface area contributed by atoms with Crippen molar-refractivity contribution in [3.63, 3.8) is 0 Å². The topological polar surface area (TPSA) is 38.7 Å². The normalized spacial score (nSPS) is 11.0. The first-order valence-electron chi connectivity index (χ1n) is 18.5. The fourth-order valence-corrected chi connectivity index (χ4v) is 10.0. The summed E-state index contributed by atoms with van der Waals surface area (Å²) in [5.41, 5.74) is 3.08. The molecule has 0 aliphatic carbocycles. The molecule has 0 bridgehead atoms. The number of aromatic nitrogens is 3. The smallest absolute Gasteiger partial charge is 0.302 e. The SMILES string of the molecule is [Ir+3].[c-]1c(-c2nccc3ccccc23)sc2ccccc12.[c-]1c(-c2nccc3ccccc23)sc2ccccc12.[c-]1c(-c2nccc3ccccc23)sc2ccccc12. The predicted molar refractivity (Wildman–Crippen MR) is 244 cm³/mol. The van der Waals surface area contributed by atoms with Gasteiger partial charge in [-0.3, -0.25) is 0 Å². The van der Waals surface area contributed by atoms with Crippen molar-refractivity contribution < 1.29 is 20.1 Å². The maximum atomic E-state index is 4.55. The molecule has 0 atom stereocenters. The van der Waals surface area contributed by atoms with Crippen molar-refractivity contribution >= 4 is 96.6 Å². The van der Waals surface area contributed by atoms with Gasteiger partial charge in [-0.05, 0) is 79.2 Å². The minimum Gasteiger partial charge on any atom is -0.302 e. The standard InChI is InChI=1S/3C17H10NS.Ir/c3*1-3-7-14-12(5-1)9-10-18-17(14)16-11-13-6-2-4-8-15(13)19-16;/h3*1-10H;/q3*-1;+3. The molecule has 0 fully saturated rings. The van der Waals surface area contributed by atoms with Crippen molar-refractivity contribution in [2.24, 2.45) is 0 Å². The molecule has 3 nitrogen and oxygen atoms in total. The molecule has 0 spiro atoms. The summed E-state index contributed by atoms with van der Waals surface area (Å²) in [4.78, 5) is 17.0. The Morgan fingerprint density at radius 2 is 0.586 bits per heavy atom. The van der Waals surface area contributed by atoms with Crippen LogP contribution in [0.5, 0.6) is 0 Å². The fraction of sp³-hybridized carbons (Fsp3) is 0. The average molecular weight is 973 g/mol. The molecule has 0 amide bonds. The van der Waals surface area contributed by atoms with Crippen molar-refractivity contribution in [2.45, 2.75) is 0 Å². The van der Waals surface area contributed by atoms with Crippen LogP contribution in [-0.2, 0) is 20.1 Å². The van der Waals surface area contributed by atoms with Gasteiger partial charge in [0.2, 0.25) is 0 Å². The van der Waals surface area contributed by atoms with E-state index in [0.29, 0.717) is 0 Å². The number of fused-ring (bicyclic) bond motifs is 6. The summed E-state index contributed by atoms with van der Waals surface area (Å²) < 4.78 is 3.77. The summed E-state index contributed by atoms with van der Waals surface area (Å²) in [7, 11) is 0. The van der Waals surface area contributed by atoms with Gasteiger partial charge >= 0.3 is 20.1 Å². The van der Waals surface area contributed by atoms with Gasteiger partial charge in [-0.25, -0.2) is 34.0 Å². The van der Waals surface area contributed by atoms with E-state index in [2.05, 4.69) is 161 Å². The van der Waals surface area contributed by atoms with E-state index >= 15 is 0 Å². The third-order valence-electron chi connectivity index (χ3n) is 9.71. The molecule has 0 saturated carbocycles. The van der Waals surface area contributed by atoms with Crippen LogP contribution in [0.2, 0.25) is 0 Å². The number of thiophene rings is 3. The average Bonchev–Trinajstić information content (AvgIpc) is 4.03. The maximum absolute atomic E-state index is 4.55. The van der Waals surface area contributed by atoms with E-state index in [9.17, 15) is 0 Å². The van der Waals surface area contributed by atoms with E-state index in [4.69, 9.17) is 0 Å². The quantitative estimate of drug-likeness (QED) is 0.166. The van der Waals surface area contributed by atoms with E-state index in [0.717, 1.165) is 47.9 Å². The van der Waals surface area contributed by atoms with Gasteiger partial charge < -0.3 is 15.0 Å². The summed E-state index contributed by atoms with van der Waals surface area (Å²) in [6, 6.07) is 66.6. The summed E-state index contributed by atoms with van der Waals surface area (Å²) in [6.45, 7) is 0. The number of pyridine rings is 3. The third kappa shape index (κ3) is 7.59. The zero-order chi connectivity index (χ0) is 38.0. The molecule has 58 heavy (non-hydrogen) atoms. The molecule has 6 aromatic carbocycles. The summed E-state index contributed by atoms with van der Waals surface area (Å²) in [5, 5.41) is 10.7. The van der Waals surface area contributed by atoms with Crippen LogP contribution in [-0.4, -0.2) is 15.0 Å². The van der Waals surface area contributed by atoms with Crippen LogP contribution >= 0.6 is 34.0 Å². The van der Waals surface area contributed by atoms with Gasteiger partial charge in [-0.15, -0.1) is 70.8 Å². The molecule has 0 N–H and O–H groups in total. The Bertz CT molecular complexity index is 2880. The Kier molecular flexibility index (Phi) is 11.0. The number of benzene rings is 6. The van der Waals surface area contributed by atoms with Gasteiger partial charge in [-0.2, -0.15) is 0 Å². The molecule has 0 saturated heterocycles. The fourth-order valence-electron chi connectivity index (χ4n) is 6.97. The van der Waals surface area contributed by atoms with E-state index in [1.165, 1.54) is 46.4 Å². The van der Waals surface area contributed by atoms with Crippen LogP contribution in [0.3, 0.4) is 0 Å². The van der Waals surface area contributed by atoms with Gasteiger partial charge in [0.05, 0.1) is 0 Å². The first-order chi connectivity index (χ1) is 28.2. The second kappa shape index (κ2) is 16.9. The Morgan fingerprint density at radius 1 is 0.310 bits per heavy atom. The largest absolute Gasteiger partial charge is 3.00 e. The summed E-state index contributed by atoms with van der Waals surface area (Å²) in [5.74, 6) is 0. The van der Waals surface area contributed by atoms with Crippen LogP contribution in [0, 0.1) is 18.2 Å². The van der Waals surface area contributed by atoms with Gasteiger partial charge in [0.1, 0.15) is 0 Å². The van der Waals surface area contributed by atoms with Crippen LogP contribution in [0.1, 0.15) is 0 Å². The molecule has 0 radical (unpaired) electrons. The Hall–Kier alpha value is -5.92. The number of rotatable bonds is 3. The van der Waals surface area contributed by atoms with Crippen LogP contribution in [0.15, 0.2) is 182 Å². The van der Waals surface area contributed by atoms with E-state index in [1.807, 2.05) is 55.0 Å². The Morgan fingerprint density at radius 3 is 0.897 bits per heavy atom. The van der Waals surface area contributed by atoms with E-state index < -0.39 is 0 Å². The van der Waals surface area contributed by atoms with Gasteiger partial charge in [0.15, 0.2) is 0 Å². The second-order valence-corrected chi connectivity index (χ2v) is 16.5. The number of hydrogen-bond donors (Lipinski definition) is 0. The second-order valence-electron chi connectivity index (χ2n) is 13.3. The Balaban J connectivity index is 0.000000112. The van der Waals surface area contributed by atoms with E-state index in [-0.39, 0.29) is 20.1 Å².